The maximum absolute atomic E-state index is 13.3. The van der Waals surface area contributed by atoms with Crippen molar-refractivity contribution < 1.29 is 21.4 Å². The molecule has 0 N–H and O–H groups in total. The summed E-state index contributed by atoms with van der Waals surface area (Å²) in [7, 11) is -4.32. The number of benzene rings is 1. The fourth-order valence-corrected chi connectivity index (χ4v) is 1.95. The zero-order valence-electron chi connectivity index (χ0n) is 9.58. The van der Waals surface area contributed by atoms with Gasteiger partial charge in [-0.3, -0.25) is 4.98 Å². The highest BCUT2D eigenvalue weighted by Gasteiger charge is 2.16. The van der Waals surface area contributed by atoms with Crippen molar-refractivity contribution in [3.63, 3.8) is 0 Å². The number of hydrogen-bond acceptors (Lipinski definition) is 4. The van der Waals surface area contributed by atoms with Crippen LogP contribution in [0.15, 0.2) is 42.7 Å². The maximum atomic E-state index is 13.3. The lowest BCUT2D eigenvalue weighted by molar-refractivity contribution is 0.451. The molecule has 0 radical (unpaired) electrons. The van der Waals surface area contributed by atoms with Crippen molar-refractivity contribution in [1.29, 1.82) is 0 Å². The van der Waals surface area contributed by atoms with Crippen LogP contribution in [0, 0.1) is 5.82 Å². The second-order valence-corrected chi connectivity index (χ2v) is 5.13. The Morgan fingerprint density at radius 3 is 2.47 bits per heavy atom. The molecular formula is C12H9F2NO3S. The van der Waals surface area contributed by atoms with Gasteiger partial charge in [0.05, 0.1) is 0 Å². The van der Waals surface area contributed by atoms with E-state index in [9.17, 15) is 17.2 Å². The Morgan fingerprint density at radius 1 is 1.16 bits per heavy atom. The van der Waals surface area contributed by atoms with Crippen LogP contribution < -0.4 is 4.18 Å². The largest absolute Gasteiger partial charge is 0.380 e. The highest BCUT2D eigenvalue weighted by atomic mass is 32.2. The van der Waals surface area contributed by atoms with E-state index in [0.29, 0.717) is 5.56 Å². The molecule has 0 spiro atoms. The Kier molecular flexibility index (Phi) is 3.75. The van der Waals surface area contributed by atoms with Gasteiger partial charge in [-0.2, -0.15) is 8.42 Å². The van der Waals surface area contributed by atoms with E-state index in [2.05, 4.69) is 9.17 Å². The quantitative estimate of drug-likeness (QED) is 0.810. The summed E-state index contributed by atoms with van der Waals surface area (Å²) in [6.07, 6.45) is 2.93. The number of halogens is 2. The van der Waals surface area contributed by atoms with E-state index in [4.69, 9.17) is 0 Å². The Hall–Kier alpha value is -2.02. The van der Waals surface area contributed by atoms with Crippen LogP contribution in [-0.4, -0.2) is 19.4 Å². The zero-order chi connectivity index (χ0) is 13.9. The molecule has 0 aliphatic rings. The molecule has 1 heterocycles. The van der Waals surface area contributed by atoms with Crippen LogP contribution >= 0.6 is 0 Å². The maximum Gasteiger partial charge on any atom is 0.339 e. The van der Waals surface area contributed by atoms with Gasteiger partial charge in [0.25, 0.3) is 0 Å². The molecule has 0 saturated heterocycles. The first-order valence-electron chi connectivity index (χ1n) is 5.20. The third kappa shape index (κ3) is 3.25. The molecule has 2 aromatic rings. The molecule has 1 aromatic carbocycles. The molecular weight excluding hydrogens is 276 g/mol. The molecule has 0 unspecified atom stereocenters. The van der Waals surface area contributed by atoms with E-state index in [-0.39, 0.29) is 11.3 Å². The van der Waals surface area contributed by atoms with E-state index < -0.39 is 21.9 Å². The topological polar surface area (TPSA) is 56.3 Å². The van der Waals surface area contributed by atoms with E-state index in [1.54, 1.807) is 12.1 Å². The van der Waals surface area contributed by atoms with Gasteiger partial charge in [0, 0.05) is 18.0 Å². The Morgan fingerprint density at radius 2 is 1.84 bits per heavy atom. The minimum atomic E-state index is -4.32. The van der Waals surface area contributed by atoms with Gasteiger partial charge in [0.15, 0.2) is 5.75 Å². The van der Waals surface area contributed by atoms with Crippen molar-refractivity contribution in [2.24, 2.45) is 0 Å². The number of hydrogen-bond donors (Lipinski definition) is 0. The first-order chi connectivity index (χ1) is 9.02. The molecule has 7 heteroatoms. The second kappa shape index (κ2) is 5.31. The molecule has 100 valence electrons. The lowest BCUT2D eigenvalue weighted by Gasteiger charge is -2.10. The van der Waals surface area contributed by atoms with E-state index >= 15 is 0 Å². The fraction of sp³-hybridized carbons (Fsp3) is 0.0833. The summed E-state index contributed by atoms with van der Waals surface area (Å²) in [5.74, 6) is -0.693. The van der Waals surface area contributed by atoms with Crippen LogP contribution in [0.1, 0.15) is 0 Å². The number of rotatable bonds is 4. The molecule has 0 aliphatic heterocycles. The predicted octanol–water partition coefficient (Wildman–Crippen LogP) is 2.52. The first-order valence-corrected chi connectivity index (χ1v) is 6.77. The van der Waals surface area contributed by atoms with Crippen molar-refractivity contribution in [1.82, 2.24) is 4.98 Å². The number of alkyl halides is 1. The van der Waals surface area contributed by atoms with Gasteiger partial charge >= 0.3 is 10.1 Å². The van der Waals surface area contributed by atoms with Crippen LogP contribution in [-0.2, 0) is 10.1 Å². The van der Waals surface area contributed by atoms with Crippen molar-refractivity contribution in [2.75, 3.05) is 6.01 Å². The summed E-state index contributed by atoms with van der Waals surface area (Å²) in [5.41, 5.74) is 0.720. The number of aromatic nitrogens is 1. The van der Waals surface area contributed by atoms with Crippen LogP contribution in [0.4, 0.5) is 8.78 Å². The number of nitrogens with zero attached hydrogens (tertiary/aromatic N) is 1. The summed E-state index contributed by atoms with van der Waals surface area (Å²) in [6.45, 7) is 0. The average molecular weight is 285 g/mol. The van der Waals surface area contributed by atoms with E-state index in [0.717, 1.165) is 18.2 Å². The smallest absolute Gasteiger partial charge is 0.339 e. The SMILES string of the molecule is O=S(=O)(CF)Oc1ccc(F)cc1-c1ccncc1. The predicted molar refractivity (Wildman–Crippen MR) is 65.2 cm³/mol. The average Bonchev–Trinajstić information content (AvgIpc) is 2.42. The highest BCUT2D eigenvalue weighted by molar-refractivity contribution is 7.86. The van der Waals surface area contributed by atoms with Crippen LogP contribution in [0.5, 0.6) is 5.75 Å². The molecule has 0 saturated carbocycles. The van der Waals surface area contributed by atoms with Gasteiger partial charge in [-0.15, -0.1) is 0 Å². The van der Waals surface area contributed by atoms with Gasteiger partial charge < -0.3 is 4.18 Å². The standard InChI is InChI=1S/C12H9F2NO3S/c13-8-19(16,17)18-12-2-1-10(14)7-11(12)9-3-5-15-6-4-9/h1-7H,8H2. The Labute approximate surface area is 108 Å². The number of pyridine rings is 1. The minimum Gasteiger partial charge on any atom is -0.380 e. The lowest BCUT2D eigenvalue weighted by atomic mass is 10.1. The molecule has 0 aliphatic carbocycles. The normalized spacial score (nSPS) is 11.3. The van der Waals surface area contributed by atoms with Crippen molar-refractivity contribution in [3.05, 3.63) is 48.5 Å². The van der Waals surface area contributed by atoms with E-state index in [1.807, 2.05) is 0 Å². The Balaban J connectivity index is 2.51. The molecule has 19 heavy (non-hydrogen) atoms. The Bertz CT molecular complexity index is 675. The van der Waals surface area contributed by atoms with Crippen molar-refractivity contribution in [3.8, 4) is 16.9 Å². The molecule has 4 nitrogen and oxygen atoms in total. The van der Waals surface area contributed by atoms with Crippen LogP contribution in [0.3, 0.4) is 0 Å². The molecule has 0 amide bonds. The first kappa shape index (κ1) is 13.4. The van der Waals surface area contributed by atoms with Gasteiger partial charge in [-0.25, -0.2) is 8.78 Å². The lowest BCUT2D eigenvalue weighted by Crippen LogP contribution is -2.11. The molecule has 0 fully saturated rings. The van der Waals surface area contributed by atoms with Gasteiger partial charge in [0.2, 0.25) is 6.01 Å². The van der Waals surface area contributed by atoms with Gasteiger partial charge in [0.1, 0.15) is 5.82 Å². The second-order valence-electron chi connectivity index (χ2n) is 3.63. The zero-order valence-corrected chi connectivity index (χ0v) is 10.4. The molecule has 0 bridgehead atoms. The molecule has 0 atom stereocenters. The third-order valence-corrected chi connectivity index (χ3v) is 2.98. The van der Waals surface area contributed by atoms with Crippen molar-refractivity contribution >= 4 is 10.1 Å². The molecule has 1 aromatic heterocycles. The highest BCUT2D eigenvalue weighted by Crippen LogP contribution is 2.31. The fourth-order valence-electron chi connectivity index (χ4n) is 1.49. The van der Waals surface area contributed by atoms with Gasteiger partial charge in [-0.05, 0) is 35.9 Å². The summed E-state index contributed by atoms with van der Waals surface area (Å²) in [4.78, 5) is 3.80. The molecule has 2 rings (SSSR count). The van der Waals surface area contributed by atoms with E-state index in [1.165, 1.54) is 12.4 Å². The minimum absolute atomic E-state index is 0.134. The summed E-state index contributed by atoms with van der Waals surface area (Å²) >= 11 is 0. The van der Waals surface area contributed by atoms with Crippen LogP contribution in [0.25, 0.3) is 11.1 Å². The van der Waals surface area contributed by atoms with Gasteiger partial charge in [-0.1, -0.05) is 0 Å². The third-order valence-electron chi connectivity index (χ3n) is 2.28. The summed E-state index contributed by atoms with van der Waals surface area (Å²) in [6, 6.07) is 4.75. The summed E-state index contributed by atoms with van der Waals surface area (Å²) < 4.78 is 52.4. The monoisotopic (exact) mass is 285 g/mol. The van der Waals surface area contributed by atoms with Crippen LogP contribution in [0.2, 0.25) is 0 Å². The summed E-state index contributed by atoms with van der Waals surface area (Å²) in [5, 5.41) is 0. The van der Waals surface area contributed by atoms with Crippen molar-refractivity contribution in [2.45, 2.75) is 0 Å².